The molecule has 0 saturated carbocycles. The second-order valence-electron chi connectivity index (χ2n) is 2.63. The summed E-state index contributed by atoms with van der Waals surface area (Å²) in [7, 11) is 0. The van der Waals surface area contributed by atoms with Gasteiger partial charge in [0.05, 0.1) is 10.7 Å². The van der Waals surface area contributed by atoms with Gasteiger partial charge in [-0.25, -0.2) is 4.39 Å². The van der Waals surface area contributed by atoms with Crippen LogP contribution in [0.15, 0.2) is 27.3 Å². The van der Waals surface area contributed by atoms with E-state index in [0.717, 1.165) is 5.39 Å². The van der Waals surface area contributed by atoms with Crippen molar-refractivity contribution in [2.45, 2.75) is 6.92 Å². The lowest BCUT2D eigenvalue weighted by atomic mass is 10.1. The third-order valence-corrected chi connectivity index (χ3v) is 2.49. The fraction of sp³-hybridized carbons (Fsp3) is 0.111. The van der Waals surface area contributed by atoms with Gasteiger partial charge in [-0.2, -0.15) is 0 Å². The van der Waals surface area contributed by atoms with E-state index in [1.54, 1.807) is 19.3 Å². The van der Waals surface area contributed by atoms with E-state index in [2.05, 4.69) is 15.9 Å². The van der Waals surface area contributed by atoms with Crippen molar-refractivity contribution in [1.82, 2.24) is 0 Å². The molecule has 0 fully saturated rings. The lowest BCUT2D eigenvalue weighted by Gasteiger charge is -1.98. The van der Waals surface area contributed by atoms with Gasteiger partial charge < -0.3 is 4.42 Å². The number of aryl methyl sites for hydroxylation is 1. The highest BCUT2D eigenvalue weighted by molar-refractivity contribution is 9.10. The van der Waals surface area contributed by atoms with Gasteiger partial charge in [0.25, 0.3) is 0 Å². The van der Waals surface area contributed by atoms with E-state index in [0.29, 0.717) is 15.6 Å². The third-order valence-electron chi connectivity index (χ3n) is 1.90. The highest BCUT2D eigenvalue weighted by Crippen LogP contribution is 2.29. The van der Waals surface area contributed by atoms with Crippen molar-refractivity contribution in [2.75, 3.05) is 0 Å². The van der Waals surface area contributed by atoms with Gasteiger partial charge in [-0.05, 0) is 40.5 Å². The Kier molecular flexibility index (Phi) is 1.68. The maximum atomic E-state index is 13.1. The molecule has 1 aromatic carbocycles. The first-order chi connectivity index (χ1) is 5.70. The lowest BCUT2D eigenvalue weighted by molar-refractivity contribution is 0.604. The van der Waals surface area contributed by atoms with Crippen molar-refractivity contribution in [1.29, 1.82) is 0 Å². The first-order valence-corrected chi connectivity index (χ1v) is 4.31. The molecule has 2 aromatic rings. The molecule has 0 aliphatic heterocycles. The highest BCUT2D eigenvalue weighted by Gasteiger charge is 2.08. The second-order valence-corrected chi connectivity index (χ2v) is 3.48. The molecule has 1 nitrogen and oxygen atoms in total. The Morgan fingerprint density at radius 3 is 3.00 bits per heavy atom. The quantitative estimate of drug-likeness (QED) is 0.672. The standard InChI is InChI=1S/C9H6BrFO/c1-5-6-2-3-12-9(6)7(10)4-8(5)11/h2-4H,1H3. The van der Waals surface area contributed by atoms with E-state index in [-0.39, 0.29) is 5.82 Å². The van der Waals surface area contributed by atoms with Crippen LogP contribution in [-0.4, -0.2) is 0 Å². The molecule has 0 atom stereocenters. The zero-order chi connectivity index (χ0) is 8.72. The van der Waals surface area contributed by atoms with E-state index in [9.17, 15) is 4.39 Å². The zero-order valence-electron chi connectivity index (χ0n) is 6.40. The number of benzene rings is 1. The van der Waals surface area contributed by atoms with Crippen LogP contribution in [0.1, 0.15) is 5.56 Å². The zero-order valence-corrected chi connectivity index (χ0v) is 7.98. The molecule has 0 amide bonds. The molecule has 0 bridgehead atoms. The first kappa shape index (κ1) is 7.80. The molecule has 0 saturated heterocycles. The van der Waals surface area contributed by atoms with Gasteiger partial charge in [-0.15, -0.1) is 0 Å². The average Bonchev–Trinajstić information content (AvgIpc) is 2.48. The van der Waals surface area contributed by atoms with Gasteiger partial charge in [0, 0.05) is 5.39 Å². The van der Waals surface area contributed by atoms with Gasteiger partial charge in [-0.1, -0.05) is 0 Å². The Morgan fingerprint density at radius 1 is 1.50 bits per heavy atom. The fourth-order valence-electron chi connectivity index (χ4n) is 1.20. The van der Waals surface area contributed by atoms with Crippen molar-refractivity contribution < 1.29 is 8.81 Å². The summed E-state index contributed by atoms with van der Waals surface area (Å²) in [6, 6.07) is 3.18. The molecular formula is C9H6BrFO. The van der Waals surface area contributed by atoms with E-state index in [1.807, 2.05) is 0 Å². The highest BCUT2D eigenvalue weighted by atomic mass is 79.9. The van der Waals surface area contributed by atoms with Crippen LogP contribution in [0.5, 0.6) is 0 Å². The van der Waals surface area contributed by atoms with Crippen LogP contribution in [0.25, 0.3) is 11.0 Å². The van der Waals surface area contributed by atoms with E-state index >= 15 is 0 Å². The van der Waals surface area contributed by atoms with Crippen LogP contribution < -0.4 is 0 Å². The van der Waals surface area contributed by atoms with Gasteiger partial charge >= 0.3 is 0 Å². The summed E-state index contributed by atoms with van der Waals surface area (Å²) in [6.07, 6.45) is 1.56. The maximum absolute atomic E-state index is 13.1. The van der Waals surface area contributed by atoms with Gasteiger partial charge in [0.1, 0.15) is 11.4 Å². The largest absolute Gasteiger partial charge is 0.463 e. The third kappa shape index (κ3) is 0.966. The Balaban J connectivity index is 2.97. The topological polar surface area (TPSA) is 13.1 Å². The number of furan rings is 1. The van der Waals surface area contributed by atoms with Crippen molar-refractivity contribution in [3.05, 3.63) is 34.2 Å². The van der Waals surface area contributed by atoms with Crippen LogP contribution in [0, 0.1) is 12.7 Å². The summed E-state index contributed by atoms with van der Waals surface area (Å²) in [5, 5.41) is 0.821. The maximum Gasteiger partial charge on any atom is 0.148 e. The van der Waals surface area contributed by atoms with Gasteiger partial charge in [0.2, 0.25) is 0 Å². The number of halogens is 2. The van der Waals surface area contributed by atoms with E-state index in [4.69, 9.17) is 4.42 Å². The normalized spacial score (nSPS) is 10.9. The average molecular weight is 229 g/mol. The number of hydrogen-bond donors (Lipinski definition) is 0. The van der Waals surface area contributed by atoms with Crippen LogP contribution >= 0.6 is 15.9 Å². The molecule has 0 unspecified atom stereocenters. The monoisotopic (exact) mass is 228 g/mol. The van der Waals surface area contributed by atoms with Crippen molar-refractivity contribution in [3.63, 3.8) is 0 Å². The van der Waals surface area contributed by atoms with Crippen LogP contribution in [0.2, 0.25) is 0 Å². The molecule has 62 valence electrons. The Bertz CT molecular complexity index is 433. The number of hydrogen-bond acceptors (Lipinski definition) is 1. The molecule has 0 spiro atoms. The summed E-state index contributed by atoms with van der Waals surface area (Å²) in [6.45, 7) is 1.74. The minimum atomic E-state index is -0.212. The molecule has 0 radical (unpaired) electrons. The molecule has 0 aliphatic carbocycles. The number of rotatable bonds is 0. The smallest absolute Gasteiger partial charge is 0.148 e. The summed E-state index contributed by atoms with van der Waals surface area (Å²) in [5.41, 5.74) is 1.33. The molecule has 2 rings (SSSR count). The van der Waals surface area contributed by atoms with E-state index in [1.165, 1.54) is 6.07 Å². The molecule has 0 N–H and O–H groups in total. The molecule has 12 heavy (non-hydrogen) atoms. The van der Waals surface area contributed by atoms with Crippen molar-refractivity contribution >= 4 is 26.9 Å². The SMILES string of the molecule is Cc1c(F)cc(Br)c2occc12. The van der Waals surface area contributed by atoms with Gasteiger partial charge in [0.15, 0.2) is 0 Å². The Morgan fingerprint density at radius 2 is 2.25 bits per heavy atom. The number of fused-ring (bicyclic) bond motifs is 1. The Labute approximate surface area is 77.3 Å². The summed E-state index contributed by atoms with van der Waals surface area (Å²) in [5.74, 6) is -0.212. The minimum Gasteiger partial charge on any atom is -0.463 e. The first-order valence-electron chi connectivity index (χ1n) is 3.52. The molecule has 0 aliphatic rings. The van der Waals surface area contributed by atoms with Crippen molar-refractivity contribution in [2.24, 2.45) is 0 Å². The fourth-order valence-corrected chi connectivity index (χ4v) is 1.71. The Hall–Kier alpha value is -0.830. The van der Waals surface area contributed by atoms with Crippen LogP contribution in [0.3, 0.4) is 0 Å². The van der Waals surface area contributed by atoms with Crippen molar-refractivity contribution in [3.8, 4) is 0 Å². The molecule has 1 aromatic heterocycles. The van der Waals surface area contributed by atoms with Gasteiger partial charge in [-0.3, -0.25) is 0 Å². The lowest BCUT2D eigenvalue weighted by Crippen LogP contribution is -1.82. The minimum absolute atomic E-state index is 0.212. The predicted molar refractivity (Wildman–Crippen MR) is 48.6 cm³/mol. The predicted octanol–water partition coefficient (Wildman–Crippen LogP) is 3.64. The summed E-state index contributed by atoms with van der Waals surface area (Å²) in [4.78, 5) is 0. The molecule has 1 heterocycles. The second kappa shape index (κ2) is 2.59. The van der Waals surface area contributed by atoms with Crippen LogP contribution in [0.4, 0.5) is 4.39 Å². The summed E-state index contributed by atoms with van der Waals surface area (Å²) < 4.78 is 18.9. The summed E-state index contributed by atoms with van der Waals surface area (Å²) >= 11 is 3.23. The van der Waals surface area contributed by atoms with E-state index < -0.39 is 0 Å². The van der Waals surface area contributed by atoms with Crippen LogP contribution in [-0.2, 0) is 0 Å². The molecular weight excluding hydrogens is 223 g/mol. The molecule has 3 heteroatoms.